The van der Waals surface area contributed by atoms with Gasteiger partial charge in [-0.1, -0.05) is 42.5 Å². The van der Waals surface area contributed by atoms with E-state index in [-0.39, 0.29) is 18.6 Å². The van der Waals surface area contributed by atoms with E-state index in [0.29, 0.717) is 5.56 Å². The molecule has 46 heavy (non-hydrogen) atoms. The number of nitrogens with two attached hydrogens (primary N) is 1. The lowest BCUT2D eigenvalue weighted by atomic mass is 10.0. The van der Waals surface area contributed by atoms with Crippen LogP contribution >= 0.6 is 0 Å². The molecule has 0 heterocycles. The second-order valence-electron chi connectivity index (χ2n) is 10.0. The van der Waals surface area contributed by atoms with E-state index in [9.17, 15) is 39.3 Å². The van der Waals surface area contributed by atoms with Crippen LogP contribution in [0.15, 0.2) is 54.6 Å². The Kier molecular flexibility index (Phi) is 17.0. The number of aliphatic hydroxyl groups is 2. The summed E-state index contributed by atoms with van der Waals surface area (Å²) in [6.07, 6.45) is 0.297. The van der Waals surface area contributed by atoms with Gasteiger partial charge in [0.1, 0.15) is 23.9 Å². The summed E-state index contributed by atoms with van der Waals surface area (Å²) < 4.78 is 0. The number of carbonyl (C=O) groups excluding carboxylic acids is 5. The van der Waals surface area contributed by atoms with E-state index < -0.39 is 79.4 Å². The second kappa shape index (κ2) is 20.1. The van der Waals surface area contributed by atoms with E-state index in [4.69, 9.17) is 15.6 Å². The van der Waals surface area contributed by atoms with Crippen molar-refractivity contribution in [3.8, 4) is 5.75 Å². The Bertz CT molecular complexity index is 1310. The lowest BCUT2D eigenvalue weighted by molar-refractivity contribution is -0.140. The average molecular weight is 647 g/mol. The Morgan fingerprint density at radius 1 is 0.783 bits per heavy atom. The van der Waals surface area contributed by atoms with Crippen LogP contribution in [0.25, 0.3) is 0 Å². The number of nitrogens with zero attached hydrogens (tertiary/aromatic N) is 1. The highest BCUT2D eigenvalue weighted by Gasteiger charge is 2.31. The highest BCUT2D eigenvalue weighted by atomic mass is 16.4. The number of aliphatic hydroxyl groups excluding tert-OH is 2. The lowest BCUT2D eigenvalue weighted by Crippen LogP contribution is -2.57. The molecule has 0 saturated heterocycles. The molecule has 0 radical (unpaired) electrons. The molecule has 0 saturated carbocycles. The van der Waals surface area contributed by atoms with E-state index in [2.05, 4.69) is 21.3 Å². The predicted molar refractivity (Wildman–Crippen MR) is 165 cm³/mol. The van der Waals surface area contributed by atoms with Gasteiger partial charge in [-0.15, -0.1) is 0 Å². The average Bonchev–Trinajstić information content (AvgIpc) is 3.02. The topological polar surface area (TPSA) is 261 Å². The molecule has 16 nitrogen and oxygen atoms in total. The van der Waals surface area contributed by atoms with Gasteiger partial charge in [-0.25, -0.2) is 0 Å². The number of aromatic hydroxyl groups is 1. The molecule has 0 aliphatic carbocycles. The van der Waals surface area contributed by atoms with Crippen LogP contribution in [0.5, 0.6) is 5.75 Å². The van der Waals surface area contributed by atoms with Gasteiger partial charge in [-0.2, -0.15) is 0 Å². The van der Waals surface area contributed by atoms with Crippen molar-refractivity contribution < 1.29 is 49.2 Å². The zero-order chi connectivity index (χ0) is 34.8. The normalized spacial score (nSPS) is 13.0. The summed E-state index contributed by atoms with van der Waals surface area (Å²) in [4.78, 5) is 73.1. The van der Waals surface area contributed by atoms with Gasteiger partial charge in [0.25, 0.3) is 5.97 Å². The number of benzene rings is 2. The fourth-order valence-electron chi connectivity index (χ4n) is 3.96. The smallest absolute Gasteiger partial charge is 0.300 e. The van der Waals surface area contributed by atoms with Crippen molar-refractivity contribution in [2.24, 2.45) is 5.73 Å². The molecule has 5 amide bonds. The molecule has 0 aliphatic rings. The number of phenolic OH excluding ortho intramolecular Hbond substituents is 1. The molecular weight excluding hydrogens is 604 g/mol. The van der Waals surface area contributed by atoms with Crippen molar-refractivity contribution in [3.05, 3.63) is 65.7 Å². The van der Waals surface area contributed by atoms with E-state index in [1.54, 1.807) is 49.5 Å². The molecule has 2 rings (SSSR count). The molecule has 0 aliphatic heterocycles. The number of primary amides is 1. The SMILES string of the molecule is CC(=O)O.CNC(Cc1ccc(O)cc1)C(=O)N[C@H](CO)C(=O)NCC(=O)N(C)C(Cc1ccccc1)C(=O)N[C@H](CO)C(N)=O. The third-order valence-corrected chi connectivity index (χ3v) is 6.55. The van der Waals surface area contributed by atoms with Crippen molar-refractivity contribution >= 4 is 35.5 Å². The number of hydrogen-bond acceptors (Lipinski definition) is 10. The monoisotopic (exact) mass is 646 g/mol. The number of amides is 5. The largest absolute Gasteiger partial charge is 0.508 e. The van der Waals surface area contributed by atoms with Gasteiger partial charge in [0.15, 0.2) is 0 Å². The minimum Gasteiger partial charge on any atom is -0.508 e. The number of rotatable bonds is 16. The van der Waals surface area contributed by atoms with Crippen molar-refractivity contribution in [2.45, 2.75) is 43.9 Å². The summed E-state index contributed by atoms with van der Waals surface area (Å²) in [5.74, 6) is -4.53. The molecule has 252 valence electrons. The Balaban J connectivity index is 0.00000249. The van der Waals surface area contributed by atoms with Crippen molar-refractivity contribution in [3.63, 3.8) is 0 Å². The maximum atomic E-state index is 13.0. The van der Waals surface area contributed by atoms with Crippen LogP contribution in [-0.4, -0.2) is 119 Å². The molecule has 2 aromatic rings. The first-order valence-corrected chi connectivity index (χ1v) is 14.1. The molecule has 16 heteroatoms. The first kappa shape index (κ1) is 39.0. The summed E-state index contributed by atoms with van der Waals surface area (Å²) in [5.41, 5.74) is 6.66. The summed E-state index contributed by atoms with van der Waals surface area (Å²) in [6.45, 7) is -0.959. The van der Waals surface area contributed by atoms with Crippen molar-refractivity contribution in [1.29, 1.82) is 0 Å². The third-order valence-electron chi connectivity index (χ3n) is 6.55. The van der Waals surface area contributed by atoms with Crippen LogP contribution in [0.3, 0.4) is 0 Å². The van der Waals surface area contributed by atoms with E-state index in [1.807, 2.05) is 0 Å². The second-order valence-corrected chi connectivity index (χ2v) is 10.0. The van der Waals surface area contributed by atoms with Gasteiger partial charge < -0.3 is 52.3 Å². The number of carbonyl (C=O) groups is 6. The molecular formula is C30H42N6O10. The first-order valence-electron chi connectivity index (χ1n) is 14.1. The van der Waals surface area contributed by atoms with Crippen LogP contribution in [0, 0.1) is 0 Å². The third kappa shape index (κ3) is 13.7. The fourth-order valence-corrected chi connectivity index (χ4v) is 3.96. The van der Waals surface area contributed by atoms with E-state index in [0.717, 1.165) is 17.4 Å². The standard InChI is InChI=1S/C28H38N6O8.C2H4O2/c1-30-20(12-18-8-10-19(37)11-9-18)27(41)33-22(16-36)26(40)31-14-24(38)34(2)23(13-17-6-4-3-5-7-17)28(42)32-21(15-35)25(29)39;1-2(3)4/h3-11,20-23,30,35-37H,12-16H2,1-2H3,(H2,29,39)(H,31,40)(H,32,42)(H,33,41);1H3,(H,3,4)/t20?,21-,22-,23?;/m1./s1. The molecule has 2 unspecified atom stereocenters. The van der Waals surface area contributed by atoms with Crippen LogP contribution in [0.4, 0.5) is 0 Å². The highest BCUT2D eigenvalue weighted by molar-refractivity contribution is 5.94. The molecule has 0 fully saturated rings. The quantitative estimate of drug-likeness (QED) is 0.0902. The Hall–Kier alpha value is -5.06. The maximum absolute atomic E-state index is 13.0. The van der Waals surface area contributed by atoms with Crippen LogP contribution in [0.2, 0.25) is 0 Å². The summed E-state index contributed by atoms with van der Waals surface area (Å²) in [5, 5.41) is 45.9. The minimum atomic E-state index is -1.37. The zero-order valence-electron chi connectivity index (χ0n) is 25.8. The number of carboxylic acids is 1. The van der Waals surface area contributed by atoms with Crippen molar-refractivity contribution in [2.75, 3.05) is 33.9 Å². The number of carboxylic acid groups (broad SMARTS) is 1. The number of hydrogen-bond donors (Lipinski definition) is 9. The predicted octanol–water partition coefficient (Wildman–Crippen LogP) is -2.76. The number of nitrogens with one attached hydrogen (secondary N) is 4. The molecule has 2 aromatic carbocycles. The summed E-state index contributed by atoms with van der Waals surface area (Å²) in [7, 11) is 2.90. The van der Waals surface area contributed by atoms with Crippen LogP contribution < -0.4 is 27.0 Å². The fraction of sp³-hybridized carbons (Fsp3) is 0.400. The summed E-state index contributed by atoms with van der Waals surface area (Å²) >= 11 is 0. The Labute approximate surface area is 266 Å². The first-order chi connectivity index (χ1) is 21.7. The number of likely N-dealkylation sites (N-methyl/N-ethyl adjacent to an activating group) is 2. The van der Waals surface area contributed by atoms with Crippen molar-refractivity contribution in [1.82, 2.24) is 26.2 Å². The summed E-state index contributed by atoms with van der Waals surface area (Å²) in [6, 6.07) is 10.4. The molecule has 0 spiro atoms. The van der Waals surface area contributed by atoms with Crippen LogP contribution in [-0.2, 0) is 41.6 Å². The van der Waals surface area contributed by atoms with Gasteiger partial charge in [-0.3, -0.25) is 28.8 Å². The highest BCUT2D eigenvalue weighted by Crippen LogP contribution is 2.12. The molecule has 4 atom stereocenters. The van der Waals surface area contributed by atoms with E-state index in [1.165, 1.54) is 19.2 Å². The maximum Gasteiger partial charge on any atom is 0.300 e. The van der Waals surface area contributed by atoms with Gasteiger partial charge in [0.2, 0.25) is 29.5 Å². The van der Waals surface area contributed by atoms with Gasteiger partial charge >= 0.3 is 0 Å². The molecule has 0 aromatic heterocycles. The zero-order valence-corrected chi connectivity index (χ0v) is 25.8. The Morgan fingerprint density at radius 3 is 1.80 bits per heavy atom. The molecule has 10 N–H and O–H groups in total. The Morgan fingerprint density at radius 2 is 1.30 bits per heavy atom. The molecule has 0 bridgehead atoms. The van der Waals surface area contributed by atoms with Gasteiger partial charge in [-0.05, 0) is 36.7 Å². The van der Waals surface area contributed by atoms with E-state index >= 15 is 0 Å². The van der Waals surface area contributed by atoms with Crippen LogP contribution in [0.1, 0.15) is 18.1 Å². The number of aliphatic carboxylic acids is 1. The minimum absolute atomic E-state index is 0.0571. The van der Waals surface area contributed by atoms with Gasteiger partial charge in [0.05, 0.1) is 25.8 Å². The number of phenols is 1. The lowest BCUT2D eigenvalue weighted by Gasteiger charge is -2.29. The van der Waals surface area contributed by atoms with Gasteiger partial charge in [0, 0.05) is 20.4 Å².